The first kappa shape index (κ1) is 15.6. The quantitative estimate of drug-likeness (QED) is 0.741. The summed E-state index contributed by atoms with van der Waals surface area (Å²) in [7, 11) is 5.11. The van der Waals surface area contributed by atoms with E-state index < -0.39 is 0 Å². The van der Waals surface area contributed by atoms with Gasteiger partial charge in [-0.2, -0.15) is 0 Å². The molecule has 0 amide bonds. The van der Waals surface area contributed by atoms with Gasteiger partial charge in [0.2, 0.25) is 0 Å². The molecular formula is C16H24N2O3. The monoisotopic (exact) mass is 292 g/mol. The first-order chi connectivity index (χ1) is 10.1. The topological polar surface area (TPSA) is 50.8 Å². The van der Waals surface area contributed by atoms with E-state index in [1.807, 2.05) is 31.3 Å². The van der Waals surface area contributed by atoms with E-state index in [1.165, 1.54) is 7.11 Å². The van der Waals surface area contributed by atoms with Crippen LogP contribution in [0.2, 0.25) is 0 Å². The number of benzene rings is 1. The standard InChI is InChI=1S/C16H24N2O3/c1-18(13-5-4-6-14(11-13)20-2)10-9-15(16(19)21-3)17-12-7-8-12/h4-6,11-12,15,17H,7-10H2,1-3H3. The van der Waals surface area contributed by atoms with Crippen molar-refractivity contribution >= 4 is 11.7 Å². The molecule has 0 heterocycles. The number of hydrogen-bond acceptors (Lipinski definition) is 5. The molecule has 1 N–H and O–H groups in total. The maximum absolute atomic E-state index is 11.8. The molecule has 0 aromatic heterocycles. The molecule has 1 aliphatic carbocycles. The molecule has 21 heavy (non-hydrogen) atoms. The van der Waals surface area contributed by atoms with Gasteiger partial charge in [0, 0.05) is 31.4 Å². The Morgan fingerprint density at radius 1 is 1.43 bits per heavy atom. The molecule has 1 saturated carbocycles. The predicted octanol–water partition coefficient (Wildman–Crippen LogP) is 1.82. The second-order valence-corrected chi connectivity index (χ2v) is 5.43. The van der Waals surface area contributed by atoms with Gasteiger partial charge < -0.3 is 19.7 Å². The van der Waals surface area contributed by atoms with E-state index >= 15 is 0 Å². The fourth-order valence-corrected chi connectivity index (χ4v) is 2.25. The third-order valence-corrected chi connectivity index (χ3v) is 3.75. The fourth-order valence-electron chi connectivity index (χ4n) is 2.25. The van der Waals surface area contributed by atoms with Crippen LogP contribution < -0.4 is 15.0 Å². The zero-order valence-electron chi connectivity index (χ0n) is 13.0. The van der Waals surface area contributed by atoms with Crippen LogP contribution in [0, 0.1) is 0 Å². The van der Waals surface area contributed by atoms with E-state index in [0.29, 0.717) is 6.04 Å². The molecule has 1 unspecified atom stereocenters. The van der Waals surface area contributed by atoms with Crippen molar-refractivity contribution in [1.29, 1.82) is 0 Å². The van der Waals surface area contributed by atoms with E-state index in [1.54, 1.807) is 7.11 Å². The van der Waals surface area contributed by atoms with Gasteiger partial charge in [0.15, 0.2) is 0 Å². The molecule has 0 radical (unpaired) electrons. The molecule has 0 aliphatic heterocycles. The van der Waals surface area contributed by atoms with E-state index in [0.717, 1.165) is 37.2 Å². The van der Waals surface area contributed by atoms with Gasteiger partial charge in [0.25, 0.3) is 0 Å². The first-order valence-corrected chi connectivity index (χ1v) is 7.33. The highest BCUT2D eigenvalue weighted by Gasteiger charge is 2.28. The second-order valence-electron chi connectivity index (χ2n) is 5.43. The molecule has 5 heteroatoms. The number of esters is 1. The van der Waals surface area contributed by atoms with Gasteiger partial charge in [-0.3, -0.25) is 4.79 Å². The molecule has 1 fully saturated rings. The molecular weight excluding hydrogens is 268 g/mol. The van der Waals surface area contributed by atoms with Crippen LogP contribution in [0.1, 0.15) is 19.3 Å². The smallest absolute Gasteiger partial charge is 0.322 e. The zero-order valence-corrected chi connectivity index (χ0v) is 13.0. The van der Waals surface area contributed by atoms with Crippen LogP contribution in [0.25, 0.3) is 0 Å². The minimum Gasteiger partial charge on any atom is -0.497 e. The summed E-state index contributed by atoms with van der Waals surface area (Å²) >= 11 is 0. The largest absolute Gasteiger partial charge is 0.497 e. The summed E-state index contributed by atoms with van der Waals surface area (Å²) in [5.74, 6) is 0.654. The lowest BCUT2D eigenvalue weighted by Gasteiger charge is -2.23. The van der Waals surface area contributed by atoms with Gasteiger partial charge >= 0.3 is 5.97 Å². The summed E-state index contributed by atoms with van der Waals surface area (Å²) < 4.78 is 10.1. The van der Waals surface area contributed by atoms with Crippen molar-refractivity contribution < 1.29 is 14.3 Å². The van der Waals surface area contributed by atoms with Crippen LogP contribution in [0.3, 0.4) is 0 Å². The fraction of sp³-hybridized carbons (Fsp3) is 0.562. The average Bonchev–Trinajstić information content (AvgIpc) is 3.34. The summed E-state index contributed by atoms with van der Waals surface area (Å²) in [4.78, 5) is 13.9. The predicted molar refractivity (Wildman–Crippen MR) is 82.8 cm³/mol. The Balaban J connectivity index is 1.90. The average molecular weight is 292 g/mol. The number of hydrogen-bond donors (Lipinski definition) is 1. The third-order valence-electron chi connectivity index (χ3n) is 3.75. The Bertz CT molecular complexity index is 474. The van der Waals surface area contributed by atoms with Crippen molar-refractivity contribution in [2.24, 2.45) is 0 Å². The number of nitrogens with one attached hydrogen (secondary N) is 1. The van der Waals surface area contributed by atoms with Crippen LogP contribution in [-0.4, -0.2) is 45.9 Å². The summed E-state index contributed by atoms with van der Waals surface area (Å²) in [5.41, 5.74) is 1.07. The van der Waals surface area contributed by atoms with Gasteiger partial charge in [0.05, 0.1) is 14.2 Å². The summed E-state index contributed by atoms with van der Waals surface area (Å²) in [6, 6.07) is 8.16. The van der Waals surface area contributed by atoms with Crippen molar-refractivity contribution in [3.05, 3.63) is 24.3 Å². The highest BCUT2D eigenvalue weighted by molar-refractivity contribution is 5.75. The molecule has 1 aromatic rings. The molecule has 0 saturated heterocycles. The normalized spacial score (nSPS) is 15.4. The number of carbonyl (C=O) groups excluding carboxylic acids is 1. The molecule has 1 aromatic carbocycles. The second kappa shape index (κ2) is 7.31. The minimum atomic E-state index is -0.226. The lowest BCUT2D eigenvalue weighted by atomic mass is 10.2. The number of anilines is 1. The number of ether oxygens (including phenoxy) is 2. The molecule has 1 aliphatic rings. The summed E-state index contributed by atoms with van der Waals surface area (Å²) in [6.45, 7) is 0.770. The Morgan fingerprint density at radius 3 is 2.81 bits per heavy atom. The molecule has 116 valence electrons. The van der Waals surface area contributed by atoms with E-state index in [4.69, 9.17) is 9.47 Å². The van der Waals surface area contributed by atoms with Gasteiger partial charge in [-0.05, 0) is 31.4 Å². The highest BCUT2D eigenvalue weighted by atomic mass is 16.5. The van der Waals surface area contributed by atoms with Crippen LogP contribution >= 0.6 is 0 Å². The minimum absolute atomic E-state index is 0.180. The Kier molecular flexibility index (Phi) is 5.44. The maximum atomic E-state index is 11.8. The van der Waals surface area contributed by atoms with E-state index in [-0.39, 0.29) is 12.0 Å². The number of nitrogens with zero attached hydrogens (tertiary/aromatic N) is 1. The van der Waals surface area contributed by atoms with Crippen LogP contribution in [0.15, 0.2) is 24.3 Å². The third kappa shape index (κ3) is 4.63. The summed E-state index contributed by atoms with van der Waals surface area (Å²) in [5, 5.41) is 3.35. The number of rotatable bonds is 8. The van der Waals surface area contributed by atoms with Crippen molar-refractivity contribution in [1.82, 2.24) is 5.32 Å². The van der Waals surface area contributed by atoms with Crippen molar-refractivity contribution in [2.75, 3.05) is 32.7 Å². The Hall–Kier alpha value is -1.75. The first-order valence-electron chi connectivity index (χ1n) is 7.33. The molecule has 2 rings (SSSR count). The van der Waals surface area contributed by atoms with Crippen molar-refractivity contribution in [2.45, 2.75) is 31.3 Å². The Morgan fingerprint density at radius 2 is 2.19 bits per heavy atom. The van der Waals surface area contributed by atoms with Gasteiger partial charge in [-0.1, -0.05) is 6.07 Å². The highest BCUT2D eigenvalue weighted by Crippen LogP contribution is 2.22. The van der Waals surface area contributed by atoms with Crippen LogP contribution in [0.5, 0.6) is 5.75 Å². The summed E-state index contributed by atoms with van der Waals surface area (Å²) in [6.07, 6.45) is 3.02. The lowest BCUT2D eigenvalue weighted by molar-refractivity contribution is -0.143. The van der Waals surface area contributed by atoms with Gasteiger partial charge in [0.1, 0.15) is 11.8 Å². The van der Waals surface area contributed by atoms with Crippen LogP contribution in [-0.2, 0) is 9.53 Å². The number of methoxy groups -OCH3 is 2. The molecule has 0 spiro atoms. The maximum Gasteiger partial charge on any atom is 0.322 e. The van der Waals surface area contributed by atoms with E-state index in [9.17, 15) is 4.79 Å². The lowest BCUT2D eigenvalue weighted by Crippen LogP contribution is -2.41. The number of carbonyl (C=O) groups is 1. The SMILES string of the molecule is COC(=O)C(CCN(C)c1cccc(OC)c1)NC1CC1. The Labute approximate surface area is 126 Å². The van der Waals surface area contributed by atoms with Gasteiger partial charge in [-0.25, -0.2) is 0 Å². The van der Waals surface area contributed by atoms with Gasteiger partial charge in [-0.15, -0.1) is 0 Å². The van der Waals surface area contributed by atoms with Crippen LogP contribution in [0.4, 0.5) is 5.69 Å². The van der Waals surface area contributed by atoms with Crippen molar-refractivity contribution in [3.63, 3.8) is 0 Å². The zero-order chi connectivity index (χ0) is 15.2. The molecule has 0 bridgehead atoms. The molecule has 1 atom stereocenters. The molecule has 5 nitrogen and oxygen atoms in total. The van der Waals surface area contributed by atoms with Crippen molar-refractivity contribution in [3.8, 4) is 5.75 Å². The van der Waals surface area contributed by atoms with E-state index in [2.05, 4.69) is 10.2 Å².